The molecule has 6 heteroatoms. The predicted molar refractivity (Wildman–Crippen MR) is 66.3 cm³/mol. The molecule has 0 saturated carbocycles. The van der Waals surface area contributed by atoms with Crippen LogP contribution in [0.3, 0.4) is 0 Å². The molecule has 82 valence electrons. The molecule has 1 amide bonds. The van der Waals surface area contributed by atoms with Crippen molar-refractivity contribution in [3.63, 3.8) is 0 Å². The molecule has 2 aromatic heterocycles. The minimum Gasteiger partial charge on any atom is -0.444 e. The first-order valence-electron chi connectivity index (χ1n) is 4.34. The van der Waals surface area contributed by atoms with E-state index in [1.807, 2.05) is 0 Å². The highest BCUT2D eigenvalue weighted by molar-refractivity contribution is 9.10. The van der Waals surface area contributed by atoms with E-state index in [1.54, 1.807) is 30.5 Å². The lowest BCUT2D eigenvalue weighted by Gasteiger charge is -2.03. The number of amides is 1. The second-order valence-electron chi connectivity index (χ2n) is 2.89. The topological polar surface area (TPSA) is 55.1 Å². The van der Waals surface area contributed by atoms with Crippen LogP contribution in [-0.4, -0.2) is 10.9 Å². The molecule has 0 atom stereocenters. The van der Waals surface area contributed by atoms with Crippen molar-refractivity contribution >= 4 is 43.6 Å². The molecular weight excluding hydrogens is 340 g/mol. The van der Waals surface area contributed by atoms with Gasteiger partial charge in [-0.2, -0.15) is 0 Å². The quantitative estimate of drug-likeness (QED) is 0.906. The Morgan fingerprint density at radius 3 is 2.75 bits per heavy atom. The van der Waals surface area contributed by atoms with Gasteiger partial charge in [-0.15, -0.1) is 0 Å². The molecule has 0 radical (unpaired) electrons. The molecule has 0 spiro atoms. The maximum atomic E-state index is 11.7. The first kappa shape index (κ1) is 11.3. The second kappa shape index (κ2) is 4.80. The monoisotopic (exact) mass is 344 g/mol. The van der Waals surface area contributed by atoms with Crippen LogP contribution in [0.25, 0.3) is 0 Å². The average molecular weight is 346 g/mol. The Morgan fingerprint density at radius 1 is 1.31 bits per heavy atom. The number of nitrogens with one attached hydrogen (secondary N) is 1. The lowest BCUT2D eigenvalue weighted by Crippen LogP contribution is -2.12. The summed E-state index contributed by atoms with van der Waals surface area (Å²) in [5.41, 5.74) is 0. The van der Waals surface area contributed by atoms with Crippen LogP contribution in [0.5, 0.6) is 0 Å². The summed E-state index contributed by atoms with van der Waals surface area (Å²) in [6.45, 7) is 0. The predicted octanol–water partition coefficient (Wildman–Crippen LogP) is 3.45. The van der Waals surface area contributed by atoms with Crippen molar-refractivity contribution in [2.75, 3.05) is 5.32 Å². The lowest BCUT2D eigenvalue weighted by molar-refractivity contribution is 0.0995. The fourth-order valence-electron chi connectivity index (χ4n) is 1.08. The number of furan rings is 1. The number of carbonyl (C=O) groups excluding carboxylic acids is 1. The van der Waals surface area contributed by atoms with Gasteiger partial charge in [0.15, 0.2) is 10.4 Å². The molecule has 4 nitrogen and oxygen atoms in total. The van der Waals surface area contributed by atoms with Crippen LogP contribution in [0.15, 0.2) is 44.0 Å². The highest BCUT2D eigenvalue weighted by Gasteiger charge is 2.12. The van der Waals surface area contributed by atoms with Gasteiger partial charge in [0.05, 0.1) is 4.47 Å². The van der Waals surface area contributed by atoms with E-state index in [4.69, 9.17) is 4.42 Å². The van der Waals surface area contributed by atoms with E-state index in [2.05, 4.69) is 42.2 Å². The maximum Gasteiger partial charge on any atom is 0.292 e. The summed E-state index contributed by atoms with van der Waals surface area (Å²) < 4.78 is 6.35. The van der Waals surface area contributed by atoms with E-state index >= 15 is 0 Å². The normalized spacial score (nSPS) is 10.1. The number of rotatable bonds is 2. The van der Waals surface area contributed by atoms with E-state index in [0.29, 0.717) is 15.0 Å². The molecule has 2 heterocycles. The molecule has 2 aromatic rings. The molecule has 0 aromatic carbocycles. The molecule has 0 aliphatic heterocycles. The van der Waals surface area contributed by atoms with Gasteiger partial charge in [0.1, 0.15) is 5.82 Å². The zero-order valence-corrected chi connectivity index (χ0v) is 11.1. The molecule has 1 N–H and O–H groups in total. The summed E-state index contributed by atoms with van der Waals surface area (Å²) >= 11 is 6.41. The summed E-state index contributed by atoms with van der Waals surface area (Å²) in [5, 5.41) is 2.63. The Morgan fingerprint density at radius 2 is 2.12 bits per heavy atom. The van der Waals surface area contributed by atoms with Crippen LogP contribution in [0.2, 0.25) is 0 Å². The first-order chi connectivity index (χ1) is 7.66. The van der Waals surface area contributed by atoms with E-state index in [9.17, 15) is 4.79 Å². The Labute approximate surface area is 108 Å². The van der Waals surface area contributed by atoms with Crippen LogP contribution in [-0.2, 0) is 0 Å². The van der Waals surface area contributed by atoms with Crippen molar-refractivity contribution in [1.29, 1.82) is 0 Å². The van der Waals surface area contributed by atoms with E-state index in [1.165, 1.54) is 0 Å². The van der Waals surface area contributed by atoms with Crippen LogP contribution >= 0.6 is 31.9 Å². The summed E-state index contributed by atoms with van der Waals surface area (Å²) in [4.78, 5) is 15.7. The third-order valence-electron chi connectivity index (χ3n) is 1.79. The van der Waals surface area contributed by atoms with Crippen molar-refractivity contribution in [3.05, 3.63) is 45.4 Å². The maximum absolute atomic E-state index is 11.7. The highest BCUT2D eigenvalue weighted by atomic mass is 79.9. The fourth-order valence-corrected chi connectivity index (χ4v) is 1.74. The number of carbonyl (C=O) groups is 1. The number of hydrogen-bond donors (Lipinski definition) is 1. The van der Waals surface area contributed by atoms with Crippen LogP contribution in [0.1, 0.15) is 10.6 Å². The number of aromatic nitrogens is 1. The molecule has 2 rings (SSSR count). The van der Waals surface area contributed by atoms with Gasteiger partial charge in [-0.25, -0.2) is 4.98 Å². The van der Waals surface area contributed by atoms with Crippen LogP contribution < -0.4 is 5.32 Å². The van der Waals surface area contributed by atoms with Gasteiger partial charge in [-0.05, 0) is 56.1 Å². The number of nitrogens with zero attached hydrogens (tertiary/aromatic N) is 1. The minimum absolute atomic E-state index is 0.226. The molecule has 0 saturated heterocycles. The molecule has 0 aliphatic rings. The number of hydrogen-bond acceptors (Lipinski definition) is 3. The molecule has 0 bridgehead atoms. The summed E-state index contributed by atoms with van der Waals surface area (Å²) in [7, 11) is 0. The van der Waals surface area contributed by atoms with Crippen molar-refractivity contribution in [2.24, 2.45) is 0 Å². The van der Waals surface area contributed by atoms with Crippen LogP contribution in [0, 0.1) is 0 Å². The molecular formula is C10H6Br2N2O2. The van der Waals surface area contributed by atoms with Gasteiger partial charge >= 0.3 is 0 Å². The smallest absolute Gasteiger partial charge is 0.292 e. The molecule has 0 fully saturated rings. The Kier molecular flexibility index (Phi) is 3.40. The van der Waals surface area contributed by atoms with E-state index in [0.717, 1.165) is 0 Å². The van der Waals surface area contributed by atoms with Gasteiger partial charge in [-0.1, -0.05) is 0 Å². The van der Waals surface area contributed by atoms with Crippen molar-refractivity contribution in [1.82, 2.24) is 4.98 Å². The lowest BCUT2D eigenvalue weighted by atomic mass is 10.4. The standard InChI is InChI=1S/C10H6Br2N2O2/c11-6-2-1-5-13-9(6)14-10(15)7-3-4-8(12)16-7/h1-5H,(H,13,14,15). The number of halogens is 2. The molecule has 0 unspecified atom stereocenters. The van der Waals surface area contributed by atoms with E-state index in [-0.39, 0.29) is 11.7 Å². The number of anilines is 1. The average Bonchev–Trinajstić information content (AvgIpc) is 2.68. The molecule has 0 aliphatic carbocycles. The Bertz CT molecular complexity index is 525. The highest BCUT2D eigenvalue weighted by Crippen LogP contribution is 2.20. The zero-order chi connectivity index (χ0) is 11.5. The zero-order valence-electron chi connectivity index (χ0n) is 7.91. The third-order valence-corrected chi connectivity index (χ3v) is 2.85. The van der Waals surface area contributed by atoms with Gasteiger partial charge in [-0.3, -0.25) is 4.79 Å². The Hall–Kier alpha value is -1.14. The first-order valence-corrected chi connectivity index (χ1v) is 5.92. The van der Waals surface area contributed by atoms with Gasteiger partial charge in [0, 0.05) is 6.20 Å². The van der Waals surface area contributed by atoms with Gasteiger partial charge in [0.2, 0.25) is 0 Å². The Balaban J connectivity index is 2.17. The largest absolute Gasteiger partial charge is 0.444 e. The third kappa shape index (κ3) is 2.51. The van der Waals surface area contributed by atoms with Crippen molar-refractivity contribution < 1.29 is 9.21 Å². The van der Waals surface area contributed by atoms with Crippen molar-refractivity contribution in [3.8, 4) is 0 Å². The second-order valence-corrected chi connectivity index (χ2v) is 4.53. The van der Waals surface area contributed by atoms with Crippen LogP contribution in [0.4, 0.5) is 5.82 Å². The SMILES string of the molecule is O=C(Nc1ncccc1Br)c1ccc(Br)o1. The van der Waals surface area contributed by atoms with Gasteiger partial charge in [0.25, 0.3) is 5.91 Å². The minimum atomic E-state index is -0.342. The van der Waals surface area contributed by atoms with Crippen molar-refractivity contribution in [2.45, 2.75) is 0 Å². The number of pyridine rings is 1. The summed E-state index contributed by atoms with van der Waals surface area (Å²) in [6, 6.07) is 6.79. The van der Waals surface area contributed by atoms with Gasteiger partial charge < -0.3 is 9.73 Å². The molecule has 16 heavy (non-hydrogen) atoms. The summed E-state index contributed by atoms with van der Waals surface area (Å²) in [5.74, 6) is 0.342. The fraction of sp³-hybridized carbons (Fsp3) is 0. The summed E-state index contributed by atoms with van der Waals surface area (Å²) in [6.07, 6.45) is 1.60. The van der Waals surface area contributed by atoms with E-state index < -0.39 is 0 Å².